The zero-order valence-corrected chi connectivity index (χ0v) is 8.77. The molecule has 2 unspecified atom stereocenters. The lowest BCUT2D eigenvalue weighted by atomic mass is 10.1. The van der Waals surface area contributed by atoms with Crippen LogP contribution >= 0.6 is 0 Å². The van der Waals surface area contributed by atoms with E-state index in [0.29, 0.717) is 0 Å². The SMILES string of the molecule is CCCC(CCC)NC1CC1C. The quantitative estimate of drug-likeness (QED) is 0.644. The van der Waals surface area contributed by atoms with Crippen LogP contribution in [0.4, 0.5) is 0 Å². The summed E-state index contributed by atoms with van der Waals surface area (Å²) >= 11 is 0. The highest BCUT2D eigenvalue weighted by molar-refractivity contribution is 4.91. The molecule has 72 valence electrons. The molecule has 12 heavy (non-hydrogen) atoms. The van der Waals surface area contributed by atoms with Crippen molar-refractivity contribution >= 4 is 0 Å². The van der Waals surface area contributed by atoms with Crippen LogP contribution in [-0.4, -0.2) is 12.1 Å². The summed E-state index contributed by atoms with van der Waals surface area (Å²) in [5.41, 5.74) is 0. The lowest BCUT2D eigenvalue weighted by Gasteiger charge is -2.16. The Morgan fingerprint density at radius 2 is 1.75 bits per heavy atom. The first kappa shape index (κ1) is 10.0. The summed E-state index contributed by atoms with van der Waals surface area (Å²) in [5.74, 6) is 0.946. The van der Waals surface area contributed by atoms with Gasteiger partial charge in [-0.3, -0.25) is 0 Å². The minimum Gasteiger partial charge on any atom is -0.311 e. The van der Waals surface area contributed by atoms with Crippen molar-refractivity contribution in [3.63, 3.8) is 0 Å². The third kappa shape index (κ3) is 3.14. The predicted octanol–water partition coefficient (Wildman–Crippen LogP) is 2.95. The van der Waals surface area contributed by atoms with E-state index in [1.165, 1.54) is 32.1 Å². The van der Waals surface area contributed by atoms with E-state index in [1.807, 2.05) is 0 Å². The second-order valence-electron chi connectivity index (χ2n) is 4.26. The van der Waals surface area contributed by atoms with E-state index in [1.54, 1.807) is 0 Å². The minimum atomic E-state index is 0.801. The molecule has 1 nitrogen and oxygen atoms in total. The van der Waals surface area contributed by atoms with Crippen LogP contribution in [0.15, 0.2) is 0 Å². The maximum atomic E-state index is 3.74. The van der Waals surface area contributed by atoms with Crippen LogP contribution in [0.1, 0.15) is 52.9 Å². The molecule has 0 aliphatic heterocycles. The molecule has 0 aromatic rings. The van der Waals surface area contributed by atoms with Crippen LogP contribution in [0.5, 0.6) is 0 Å². The number of rotatable bonds is 6. The molecule has 0 radical (unpaired) electrons. The van der Waals surface area contributed by atoms with Crippen molar-refractivity contribution in [2.75, 3.05) is 0 Å². The van der Waals surface area contributed by atoms with Gasteiger partial charge in [0.25, 0.3) is 0 Å². The summed E-state index contributed by atoms with van der Waals surface area (Å²) in [6.07, 6.45) is 6.76. The van der Waals surface area contributed by atoms with Gasteiger partial charge in [-0.2, -0.15) is 0 Å². The van der Waals surface area contributed by atoms with E-state index in [9.17, 15) is 0 Å². The summed E-state index contributed by atoms with van der Waals surface area (Å²) < 4.78 is 0. The molecule has 1 N–H and O–H groups in total. The van der Waals surface area contributed by atoms with Crippen LogP contribution in [0, 0.1) is 5.92 Å². The molecular weight excluding hydrogens is 146 g/mol. The molecule has 0 aromatic carbocycles. The second kappa shape index (κ2) is 4.86. The van der Waals surface area contributed by atoms with E-state index in [4.69, 9.17) is 0 Å². The van der Waals surface area contributed by atoms with Gasteiger partial charge in [-0.05, 0) is 25.2 Å². The Morgan fingerprint density at radius 1 is 1.25 bits per heavy atom. The monoisotopic (exact) mass is 169 g/mol. The highest BCUT2D eigenvalue weighted by Gasteiger charge is 2.33. The molecule has 0 heterocycles. The maximum absolute atomic E-state index is 3.74. The van der Waals surface area contributed by atoms with Gasteiger partial charge in [0.05, 0.1) is 0 Å². The Bertz CT molecular complexity index is 116. The maximum Gasteiger partial charge on any atom is 0.00989 e. The summed E-state index contributed by atoms with van der Waals surface area (Å²) in [7, 11) is 0. The average molecular weight is 169 g/mol. The van der Waals surface area contributed by atoms with Gasteiger partial charge in [0.2, 0.25) is 0 Å². The van der Waals surface area contributed by atoms with Crippen LogP contribution in [0.2, 0.25) is 0 Å². The van der Waals surface area contributed by atoms with Crippen LogP contribution in [0.3, 0.4) is 0 Å². The third-order valence-electron chi connectivity index (χ3n) is 2.83. The van der Waals surface area contributed by atoms with Gasteiger partial charge in [0.15, 0.2) is 0 Å². The van der Waals surface area contributed by atoms with Gasteiger partial charge in [-0.25, -0.2) is 0 Å². The molecule has 0 bridgehead atoms. The Labute approximate surface area is 76.9 Å². The minimum absolute atomic E-state index is 0.801. The molecule has 0 spiro atoms. The first-order valence-corrected chi connectivity index (χ1v) is 5.54. The number of hydrogen-bond donors (Lipinski definition) is 1. The van der Waals surface area contributed by atoms with Crippen LogP contribution in [0.25, 0.3) is 0 Å². The number of hydrogen-bond acceptors (Lipinski definition) is 1. The number of nitrogens with one attached hydrogen (secondary N) is 1. The normalized spacial score (nSPS) is 28.0. The Morgan fingerprint density at radius 3 is 2.08 bits per heavy atom. The van der Waals surface area contributed by atoms with Gasteiger partial charge < -0.3 is 5.32 Å². The smallest absolute Gasteiger partial charge is 0.00989 e. The average Bonchev–Trinajstić information content (AvgIpc) is 2.67. The Kier molecular flexibility index (Phi) is 4.07. The fourth-order valence-electron chi connectivity index (χ4n) is 1.86. The van der Waals surface area contributed by atoms with E-state index in [-0.39, 0.29) is 0 Å². The first-order valence-electron chi connectivity index (χ1n) is 5.54. The van der Waals surface area contributed by atoms with Gasteiger partial charge in [-0.15, -0.1) is 0 Å². The lowest BCUT2D eigenvalue weighted by Crippen LogP contribution is -2.31. The summed E-state index contributed by atoms with van der Waals surface area (Å²) in [4.78, 5) is 0. The third-order valence-corrected chi connectivity index (χ3v) is 2.83. The fourth-order valence-corrected chi connectivity index (χ4v) is 1.86. The standard InChI is InChI=1S/C11H23N/c1-4-6-10(7-5-2)12-11-8-9(11)3/h9-12H,4-8H2,1-3H3. The van der Waals surface area contributed by atoms with Crippen molar-refractivity contribution < 1.29 is 0 Å². The summed E-state index contributed by atoms with van der Waals surface area (Å²) in [6, 6.07) is 1.66. The molecule has 1 aliphatic carbocycles. The van der Waals surface area contributed by atoms with E-state index >= 15 is 0 Å². The topological polar surface area (TPSA) is 12.0 Å². The fraction of sp³-hybridized carbons (Fsp3) is 1.00. The molecule has 1 rings (SSSR count). The second-order valence-corrected chi connectivity index (χ2v) is 4.26. The van der Waals surface area contributed by atoms with Gasteiger partial charge in [0.1, 0.15) is 0 Å². The zero-order valence-electron chi connectivity index (χ0n) is 8.77. The predicted molar refractivity (Wildman–Crippen MR) is 54.3 cm³/mol. The highest BCUT2D eigenvalue weighted by atomic mass is 15.0. The molecular formula is C11H23N. The van der Waals surface area contributed by atoms with Crippen molar-refractivity contribution in [3.8, 4) is 0 Å². The zero-order chi connectivity index (χ0) is 8.97. The van der Waals surface area contributed by atoms with Crippen molar-refractivity contribution in [1.29, 1.82) is 0 Å². The van der Waals surface area contributed by atoms with Gasteiger partial charge in [0, 0.05) is 12.1 Å². The van der Waals surface area contributed by atoms with Crippen LogP contribution < -0.4 is 5.32 Å². The van der Waals surface area contributed by atoms with Gasteiger partial charge in [-0.1, -0.05) is 33.6 Å². The van der Waals surface area contributed by atoms with E-state index < -0.39 is 0 Å². The van der Waals surface area contributed by atoms with Crippen molar-refractivity contribution in [2.24, 2.45) is 5.92 Å². The van der Waals surface area contributed by atoms with E-state index in [0.717, 1.165) is 18.0 Å². The molecule has 2 atom stereocenters. The molecule has 1 saturated carbocycles. The summed E-state index contributed by atoms with van der Waals surface area (Å²) in [5, 5.41) is 3.74. The largest absolute Gasteiger partial charge is 0.311 e. The van der Waals surface area contributed by atoms with Crippen molar-refractivity contribution in [2.45, 2.75) is 65.0 Å². The Hall–Kier alpha value is -0.0400. The highest BCUT2D eigenvalue weighted by Crippen LogP contribution is 2.30. The van der Waals surface area contributed by atoms with Crippen molar-refractivity contribution in [1.82, 2.24) is 5.32 Å². The molecule has 1 fully saturated rings. The summed E-state index contributed by atoms with van der Waals surface area (Å²) in [6.45, 7) is 6.90. The lowest BCUT2D eigenvalue weighted by molar-refractivity contribution is 0.434. The molecule has 1 heteroatoms. The molecule has 0 aromatic heterocycles. The first-order chi connectivity index (χ1) is 5.77. The molecule has 0 amide bonds. The van der Waals surface area contributed by atoms with Crippen molar-refractivity contribution in [3.05, 3.63) is 0 Å². The Balaban J connectivity index is 2.13. The van der Waals surface area contributed by atoms with E-state index in [2.05, 4.69) is 26.1 Å². The van der Waals surface area contributed by atoms with Gasteiger partial charge >= 0.3 is 0 Å². The molecule has 1 aliphatic rings. The van der Waals surface area contributed by atoms with Crippen LogP contribution in [-0.2, 0) is 0 Å². The molecule has 0 saturated heterocycles.